The molecule has 0 aromatic heterocycles. The SMILES string of the molecule is CC(=O)c1cccc(NC(=NCC(C)(C)C)N[C@H]2CCCC[C@@H]2N)c1. The van der Waals surface area contributed by atoms with Gasteiger partial charge in [-0.1, -0.05) is 45.7 Å². The third kappa shape index (κ3) is 6.50. The number of nitrogens with two attached hydrogens (primary N) is 1. The third-order valence-electron chi connectivity index (χ3n) is 4.38. The molecule has 0 unspecified atom stereocenters. The van der Waals surface area contributed by atoms with Gasteiger partial charge in [0.1, 0.15) is 0 Å². The van der Waals surface area contributed by atoms with Gasteiger partial charge in [-0.3, -0.25) is 9.79 Å². The molecule has 2 atom stereocenters. The van der Waals surface area contributed by atoms with Gasteiger partial charge < -0.3 is 16.4 Å². The molecule has 0 aliphatic heterocycles. The molecule has 1 fully saturated rings. The second-order valence-corrected chi connectivity index (χ2v) is 8.19. The molecule has 0 amide bonds. The van der Waals surface area contributed by atoms with Gasteiger partial charge in [-0.05, 0) is 37.3 Å². The topological polar surface area (TPSA) is 79.5 Å². The van der Waals surface area contributed by atoms with Crippen LogP contribution >= 0.6 is 0 Å². The summed E-state index contributed by atoms with van der Waals surface area (Å²) in [6.07, 6.45) is 4.49. The van der Waals surface area contributed by atoms with E-state index >= 15 is 0 Å². The molecule has 0 heterocycles. The van der Waals surface area contributed by atoms with Gasteiger partial charge >= 0.3 is 0 Å². The number of aliphatic imine (C=N–C) groups is 1. The molecule has 1 aromatic carbocycles. The third-order valence-corrected chi connectivity index (χ3v) is 4.38. The first-order chi connectivity index (χ1) is 11.7. The van der Waals surface area contributed by atoms with Crippen LogP contribution in [0.4, 0.5) is 5.69 Å². The number of anilines is 1. The standard InChI is InChI=1S/C20H32N4O/c1-14(25)15-8-7-9-16(12-15)23-19(22-13-20(2,3)4)24-18-11-6-5-10-17(18)21/h7-9,12,17-18H,5-6,10-11,13,21H2,1-4H3,(H2,22,23,24)/t17-,18-/m0/s1. The van der Waals surface area contributed by atoms with Crippen LogP contribution in [-0.4, -0.2) is 30.4 Å². The van der Waals surface area contributed by atoms with E-state index in [1.54, 1.807) is 6.92 Å². The van der Waals surface area contributed by atoms with Crippen LogP contribution < -0.4 is 16.4 Å². The molecule has 1 aliphatic carbocycles. The highest BCUT2D eigenvalue weighted by atomic mass is 16.1. The van der Waals surface area contributed by atoms with Crippen molar-refractivity contribution in [3.63, 3.8) is 0 Å². The Bertz CT molecular complexity index is 618. The molecule has 1 aromatic rings. The van der Waals surface area contributed by atoms with Gasteiger partial charge in [0.15, 0.2) is 11.7 Å². The summed E-state index contributed by atoms with van der Waals surface area (Å²) >= 11 is 0. The van der Waals surface area contributed by atoms with Crippen molar-refractivity contribution in [2.75, 3.05) is 11.9 Å². The molecular formula is C20H32N4O. The Morgan fingerprint density at radius 1 is 1.28 bits per heavy atom. The van der Waals surface area contributed by atoms with Crippen LogP contribution in [0.3, 0.4) is 0 Å². The van der Waals surface area contributed by atoms with Crippen molar-refractivity contribution in [3.8, 4) is 0 Å². The quantitative estimate of drug-likeness (QED) is 0.443. The fourth-order valence-electron chi connectivity index (χ4n) is 2.90. The van der Waals surface area contributed by atoms with Crippen LogP contribution in [0.15, 0.2) is 29.3 Å². The average molecular weight is 345 g/mol. The Labute approximate surface area is 151 Å². The summed E-state index contributed by atoms with van der Waals surface area (Å²) in [6, 6.07) is 7.89. The lowest BCUT2D eigenvalue weighted by Crippen LogP contribution is -2.51. The van der Waals surface area contributed by atoms with E-state index < -0.39 is 0 Å². The number of benzene rings is 1. The van der Waals surface area contributed by atoms with Gasteiger partial charge in [0.25, 0.3) is 0 Å². The molecule has 1 aliphatic rings. The Kier molecular flexibility index (Phi) is 6.59. The van der Waals surface area contributed by atoms with Crippen LogP contribution in [0.5, 0.6) is 0 Å². The van der Waals surface area contributed by atoms with Crippen molar-refractivity contribution in [3.05, 3.63) is 29.8 Å². The highest BCUT2D eigenvalue weighted by Gasteiger charge is 2.23. The Morgan fingerprint density at radius 3 is 2.64 bits per heavy atom. The van der Waals surface area contributed by atoms with E-state index in [2.05, 4.69) is 31.4 Å². The van der Waals surface area contributed by atoms with Crippen LogP contribution in [0.1, 0.15) is 63.7 Å². The average Bonchev–Trinajstić information content (AvgIpc) is 2.54. The van der Waals surface area contributed by atoms with E-state index in [0.29, 0.717) is 12.1 Å². The van der Waals surface area contributed by atoms with Gasteiger partial charge in [0, 0.05) is 29.9 Å². The van der Waals surface area contributed by atoms with Crippen LogP contribution in [0.25, 0.3) is 0 Å². The molecule has 2 rings (SSSR count). The van der Waals surface area contributed by atoms with Gasteiger partial charge in [-0.2, -0.15) is 0 Å². The first kappa shape index (κ1) is 19.4. The molecule has 25 heavy (non-hydrogen) atoms. The number of Topliss-reactive ketones (excluding diaryl/α,β-unsaturated/α-hetero) is 1. The molecule has 4 N–H and O–H groups in total. The summed E-state index contributed by atoms with van der Waals surface area (Å²) in [5.41, 5.74) is 7.93. The first-order valence-electron chi connectivity index (χ1n) is 9.19. The fraction of sp³-hybridized carbons (Fsp3) is 0.600. The van der Waals surface area contributed by atoms with Crippen molar-refractivity contribution >= 4 is 17.4 Å². The minimum Gasteiger partial charge on any atom is -0.352 e. The number of hydrogen-bond donors (Lipinski definition) is 3. The van der Waals surface area contributed by atoms with Crippen LogP contribution in [-0.2, 0) is 0 Å². The number of ketones is 1. The minimum absolute atomic E-state index is 0.0547. The van der Waals surface area contributed by atoms with E-state index in [-0.39, 0.29) is 23.3 Å². The minimum atomic E-state index is 0.0547. The number of nitrogens with one attached hydrogen (secondary N) is 2. The second kappa shape index (κ2) is 8.48. The largest absolute Gasteiger partial charge is 0.352 e. The number of hydrogen-bond acceptors (Lipinski definition) is 3. The van der Waals surface area contributed by atoms with E-state index in [4.69, 9.17) is 10.7 Å². The van der Waals surface area contributed by atoms with Crippen molar-refractivity contribution in [2.45, 2.75) is 65.5 Å². The van der Waals surface area contributed by atoms with E-state index in [0.717, 1.165) is 24.5 Å². The predicted octanol–water partition coefficient (Wildman–Crippen LogP) is 3.56. The lowest BCUT2D eigenvalue weighted by atomic mass is 9.91. The first-order valence-corrected chi connectivity index (χ1v) is 9.19. The van der Waals surface area contributed by atoms with Crippen LogP contribution in [0, 0.1) is 5.41 Å². The monoisotopic (exact) mass is 344 g/mol. The summed E-state index contributed by atoms with van der Waals surface area (Å²) in [5, 5.41) is 6.85. The highest BCUT2D eigenvalue weighted by molar-refractivity contribution is 5.98. The number of nitrogens with zero attached hydrogens (tertiary/aromatic N) is 1. The maximum Gasteiger partial charge on any atom is 0.196 e. The maximum atomic E-state index is 11.6. The van der Waals surface area contributed by atoms with Crippen molar-refractivity contribution in [1.29, 1.82) is 0 Å². The summed E-state index contributed by atoms with van der Waals surface area (Å²) in [5.74, 6) is 0.789. The zero-order valence-electron chi connectivity index (χ0n) is 15.9. The second-order valence-electron chi connectivity index (χ2n) is 8.19. The molecule has 0 saturated heterocycles. The molecule has 5 nitrogen and oxygen atoms in total. The zero-order chi connectivity index (χ0) is 18.4. The maximum absolute atomic E-state index is 11.6. The van der Waals surface area contributed by atoms with E-state index in [1.807, 2.05) is 24.3 Å². The van der Waals surface area contributed by atoms with Gasteiger partial charge in [0.05, 0.1) is 0 Å². The van der Waals surface area contributed by atoms with Gasteiger partial charge in [-0.15, -0.1) is 0 Å². The number of carbonyl (C=O) groups is 1. The summed E-state index contributed by atoms with van der Waals surface area (Å²) < 4.78 is 0. The van der Waals surface area contributed by atoms with Crippen molar-refractivity contribution in [1.82, 2.24) is 5.32 Å². The fourth-order valence-corrected chi connectivity index (χ4v) is 2.90. The Hall–Kier alpha value is -1.88. The summed E-state index contributed by atoms with van der Waals surface area (Å²) in [7, 11) is 0. The van der Waals surface area contributed by atoms with Gasteiger partial charge in [0.2, 0.25) is 0 Å². The summed E-state index contributed by atoms with van der Waals surface area (Å²) in [6.45, 7) is 8.77. The molecule has 0 spiro atoms. The molecular weight excluding hydrogens is 312 g/mol. The molecule has 5 heteroatoms. The molecule has 0 bridgehead atoms. The Morgan fingerprint density at radius 2 is 2.00 bits per heavy atom. The lowest BCUT2D eigenvalue weighted by molar-refractivity contribution is 0.101. The lowest BCUT2D eigenvalue weighted by Gasteiger charge is -2.31. The molecule has 138 valence electrons. The van der Waals surface area contributed by atoms with Crippen molar-refractivity contribution in [2.24, 2.45) is 16.1 Å². The van der Waals surface area contributed by atoms with E-state index in [9.17, 15) is 4.79 Å². The smallest absolute Gasteiger partial charge is 0.196 e. The highest BCUT2D eigenvalue weighted by Crippen LogP contribution is 2.18. The summed E-state index contributed by atoms with van der Waals surface area (Å²) in [4.78, 5) is 16.4. The van der Waals surface area contributed by atoms with Crippen molar-refractivity contribution < 1.29 is 4.79 Å². The zero-order valence-corrected chi connectivity index (χ0v) is 15.9. The number of carbonyl (C=O) groups excluding carboxylic acids is 1. The normalized spacial score (nSPS) is 21.7. The Balaban J connectivity index is 2.16. The van der Waals surface area contributed by atoms with Gasteiger partial charge in [-0.25, -0.2) is 0 Å². The number of rotatable bonds is 4. The molecule has 0 radical (unpaired) electrons. The number of guanidine groups is 1. The molecule has 1 saturated carbocycles. The predicted molar refractivity (Wildman–Crippen MR) is 105 cm³/mol. The van der Waals surface area contributed by atoms with E-state index in [1.165, 1.54) is 12.8 Å². The van der Waals surface area contributed by atoms with Crippen LogP contribution in [0.2, 0.25) is 0 Å².